The normalized spacial score (nSPS) is 18.2. The summed E-state index contributed by atoms with van der Waals surface area (Å²) >= 11 is 0. The van der Waals surface area contributed by atoms with Crippen LogP contribution in [0.3, 0.4) is 0 Å². The molecule has 0 aliphatic carbocycles. The van der Waals surface area contributed by atoms with E-state index in [4.69, 9.17) is 5.11 Å². The van der Waals surface area contributed by atoms with E-state index < -0.39 is 5.97 Å². The SMILES string of the molecule is CC(CCCNC(=O)C1CNc2ccccc2C1)C(=O)O. The van der Waals surface area contributed by atoms with Crippen molar-refractivity contribution < 1.29 is 14.7 Å². The first-order valence-electron chi connectivity index (χ1n) is 7.40. The molecule has 5 nitrogen and oxygen atoms in total. The van der Waals surface area contributed by atoms with Crippen LogP contribution in [0.1, 0.15) is 25.3 Å². The van der Waals surface area contributed by atoms with Crippen LogP contribution in [-0.4, -0.2) is 30.1 Å². The van der Waals surface area contributed by atoms with Crippen molar-refractivity contribution in [3.05, 3.63) is 29.8 Å². The van der Waals surface area contributed by atoms with Gasteiger partial charge in [0, 0.05) is 18.8 Å². The van der Waals surface area contributed by atoms with Gasteiger partial charge in [0.1, 0.15) is 0 Å². The van der Waals surface area contributed by atoms with Crippen LogP contribution in [-0.2, 0) is 16.0 Å². The van der Waals surface area contributed by atoms with Crippen LogP contribution in [0.5, 0.6) is 0 Å². The Morgan fingerprint density at radius 1 is 1.43 bits per heavy atom. The van der Waals surface area contributed by atoms with Crippen molar-refractivity contribution in [1.82, 2.24) is 5.32 Å². The van der Waals surface area contributed by atoms with Crippen molar-refractivity contribution in [3.8, 4) is 0 Å². The minimum Gasteiger partial charge on any atom is -0.481 e. The molecule has 0 fully saturated rings. The third kappa shape index (κ3) is 4.21. The second-order valence-electron chi connectivity index (χ2n) is 5.61. The van der Waals surface area contributed by atoms with Gasteiger partial charge >= 0.3 is 5.97 Å². The molecule has 1 aliphatic rings. The maximum atomic E-state index is 12.1. The lowest BCUT2D eigenvalue weighted by molar-refractivity contribution is -0.141. The number of aliphatic carboxylic acids is 1. The summed E-state index contributed by atoms with van der Waals surface area (Å²) in [5, 5.41) is 15.0. The number of nitrogens with one attached hydrogen (secondary N) is 2. The van der Waals surface area contributed by atoms with E-state index in [0.717, 1.165) is 12.1 Å². The Labute approximate surface area is 124 Å². The number of carboxylic acid groups (broad SMARTS) is 1. The first-order valence-corrected chi connectivity index (χ1v) is 7.40. The van der Waals surface area contributed by atoms with E-state index in [0.29, 0.717) is 25.9 Å². The number of amides is 1. The Kier molecular flexibility index (Phi) is 5.20. The topological polar surface area (TPSA) is 78.4 Å². The summed E-state index contributed by atoms with van der Waals surface area (Å²) in [6, 6.07) is 8.02. The van der Waals surface area contributed by atoms with Crippen LogP contribution in [0.2, 0.25) is 0 Å². The summed E-state index contributed by atoms with van der Waals surface area (Å²) in [5.41, 5.74) is 2.28. The van der Waals surface area contributed by atoms with Gasteiger partial charge in [-0.3, -0.25) is 9.59 Å². The highest BCUT2D eigenvalue weighted by molar-refractivity contribution is 5.80. The van der Waals surface area contributed by atoms with E-state index >= 15 is 0 Å². The van der Waals surface area contributed by atoms with Crippen molar-refractivity contribution in [1.29, 1.82) is 0 Å². The van der Waals surface area contributed by atoms with Gasteiger partial charge in [0.25, 0.3) is 0 Å². The molecule has 5 heteroatoms. The molecule has 21 heavy (non-hydrogen) atoms. The summed E-state index contributed by atoms with van der Waals surface area (Å²) < 4.78 is 0. The number of benzene rings is 1. The number of hydrogen-bond donors (Lipinski definition) is 3. The highest BCUT2D eigenvalue weighted by Gasteiger charge is 2.23. The van der Waals surface area contributed by atoms with Gasteiger partial charge in [-0.15, -0.1) is 0 Å². The molecule has 2 atom stereocenters. The molecule has 1 amide bonds. The molecular weight excluding hydrogens is 268 g/mol. The van der Waals surface area contributed by atoms with E-state index in [2.05, 4.69) is 10.6 Å². The van der Waals surface area contributed by atoms with Gasteiger partial charge in [-0.05, 0) is 30.9 Å². The Hall–Kier alpha value is -2.04. The zero-order valence-corrected chi connectivity index (χ0v) is 12.3. The number of anilines is 1. The third-order valence-electron chi connectivity index (χ3n) is 3.93. The molecule has 0 radical (unpaired) electrons. The van der Waals surface area contributed by atoms with Crippen molar-refractivity contribution in [2.45, 2.75) is 26.2 Å². The zero-order valence-electron chi connectivity index (χ0n) is 12.3. The van der Waals surface area contributed by atoms with Crippen LogP contribution >= 0.6 is 0 Å². The first kappa shape index (κ1) is 15.4. The summed E-state index contributed by atoms with van der Waals surface area (Å²) in [6.07, 6.45) is 2.03. The lowest BCUT2D eigenvalue weighted by atomic mass is 9.93. The molecule has 2 rings (SSSR count). The highest BCUT2D eigenvalue weighted by atomic mass is 16.4. The van der Waals surface area contributed by atoms with E-state index in [1.165, 1.54) is 5.56 Å². The molecule has 0 saturated heterocycles. The number of rotatable bonds is 6. The summed E-state index contributed by atoms with van der Waals surface area (Å²) in [7, 11) is 0. The Balaban J connectivity index is 1.74. The van der Waals surface area contributed by atoms with Crippen LogP contribution in [0, 0.1) is 11.8 Å². The fourth-order valence-electron chi connectivity index (χ4n) is 2.51. The lowest BCUT2D eigenvalue weighted by Gasteiger charge is -2.25. The van der Waals surface area contributed by atoms with Crippen molar-refractivity contribution in [3.63, 3.8) is 0 Å². The number of para-hydroxylation sites is 1. The number of carbonyl (C=O) groups excluding carboxylic acids is 1. The predicted molar refractivity (Wildman–Crippen MR) is 81.2 cm³/mol. The fraction of sp³-hybridized carbons (Fsp3) is 0.500. The molecule has 1 heterocycles. The molecule has 1 aromatic carbocycles. The molecule has 114 valence electrons. The van der Waals surface area contributed by atoms with Crippen LogP contribution in [0.15, 0.2) is 24.3 Å². The van der Waals surface area contributed by atoms with Gasteiger partial charge < -0.3 is 15.7 Å². The van der Waals surface area contributed by atoms with Crippen molar-refractivity contribution >= 4 is 17.6 Å². The van der Waals surface area contributed by atoms with Crippen LogP contribution in [0.25, 0.3) is 0 Å². The minimum absolute atomic E-state index is 0.0416. The van der Waals surface area contributed by atoms with Crippen LogP contribution in [0.4, 0.5) is 5.69 Å². The maximum Gasteiger partial charge on any atom is 0.306 e. The number of carbonyl (C=O) groups is 2. The smallest absolute Gasteiger partial charge is 0.306 e. The minimum atomic E-state index is -0.783. The highest BCUT2D eigenvalue weighted by Crippen LogP contribution is 2.24. The number of carboxylic acids is 1. The average Bonchev–Trinajstić information content (AvgIpc) is 2.50. The van der Waals surface area contributed by atoms with E-state index in [1.807, 2.05) is 24.3 Å². The second kappa shape index (κ2) is 7.11. The molecule has 0 bridgehead atoms. The second-order valence-corrected chi connectivity index (χ2v) is 5.61. The fourth-order valence-corrected chi connectivity index (χ4v) is 2.51. The standard InChI is InChI=1S/C16H22N2O3/c1-11(16(20)21)5-4-8-17-15(19)13-9-12-6-2-3-7-14(12)18-10-13/h2-3,6-7,11,13,18H,4-5,8-10H2,1H3,(H,17,19)(H,20,21). The molecule has 0 spiro atoms. The molecular formula is C16H22N2O3. The lowest BCUT2D eigenvalue weighted by Crippen LogP contribution is -2.38. The number of hydrogen-bond acceptors (Lipinski definition) is 3. The van der Waals surface area contributed by atoms with Crippen molar-refractivity contribution in [2.24, 2.45) is 11.8 Å². The Bertz CT molecular complexity index is 516. The van der Waals surface area contributed by atoms with Gasteiger partial charge in [0.05, 0.1) is 11.8 Å². The molecule has 1 aliphatic heterocycles. The van der Waals surface area contributed by atoms with Gasteiger partial charge in [0.15, 0.2) is 0 Å². The monoisotopic (exact) mass is 290 g/mol. The van der Waals surface area contributed by atoms with E-state index in [1.54, 1.807) is 6.92 Å². The number of fused-ring (bicyclic) bond motifs is 1. The van der Waals surface area contributed by atoms with Crippen molar-refractivity contribution in [2.75, 3.05) is 18.4 Å². The van der Waals surface area contributed by atoms with Gasteiger partial charge in [-0.1, -0.05) is 25.1 Å². The molecule has 3 N–H and O–H groups in total. The predicted octanol–water partition coefficient (Wildman–Crippen LogP) is 1.89. The van der Waals surface area contributed by atoms with E-state index in [-0.39, 0.29) is 17.7 Å². The molecule has 2 unspecified atom stereocenters. The largest absolute Gasteiger partial charge is 0.481 e. The zero-order chi connectivity index (χ0) is 15.2. The van der Waals surface area contributed by atoms with Gasteiger partial charge in [-0.25, -0.2) is 0 Å². The first-order chi connectivity index (χ1) is 10.1. The van der Waals surface area contributed by atoms with E-state index in [9.17, 15) is 9.59 Å². The summed E-state index contributed by atoms with van der Waals surface area (Å²) in [5.74, 6) is -1.16. The molecule has 0 aromatic heterocycles. The Morgan fingerprint density at radius 3 is 2.95 bits per heavy atom. The molecule has 0 saturated carbocycles. The van der Waals surface area contributed by atoms with Gasteiger partial charge in [-0.2, -0.15) is 0 Å². The summed E-state index contributed by atoms with van der Waals surface area (Å²) in [4.78, 5) is 22.8. The van der Waals surface area contributed by atoms with Crippen LogP contribution < -0.4 is 10.6 Å². The maximum absolute atomic E-state index is 12.1. The Morgan fingerprint density at radius 2 is 2.19 bits per heavy atom. The average molecular weight is 290 g/mol. The molecule has 1 aromatic rings. The van der Waals surface area contributed by atoms with Gasteiger partial charge in [0.2, 0.25) is 5.91 Å². The summed E-state index contributed by atoms with van der Waals surface area (Å²) in [6.45, 7) is 2.87. The quantitative estimate of drug-likeness (QED) is 0.699. The third-order valence-corrected chi connectivity index (χ3v) is 3.93.